The summed E-state index contributed by atoms with van der Waals surface area (Å²) in [5.41, 5.74) is 1.09. The van der Waals surface area contributed by atoms with E-state index in [1.807, 2.05) is 18.2 Å². The minimum atomic E-state index is -1.10. The largest absolute Gasteiger partial charge is 0.445 e. The first-order chi connectivity index (χ1) is 12.0. The first kappa shape index (κ1) is 19.1. The summed E-state index contributed by atoms with van der Waals surface area (Å²) in [6, 6.07) is 11.2. The lowest BCUT2D eigenvalue weighted by Gasteiger charge is -2.22. The lowest BCUT2D eigenvalue weighted by Crippen LogP contribution is -2.45. The number of carbonyl (C=O) groups is 1. The Labute approximate surface area is 149 Å². The Morgan fingerprint density at radius 1 is 1.12 bits per heavy atom. The third kappa shape index (κ3) is 6.32. The van der Waals surface area contributed by atoms with Crippen LogP contribution in [0.4, 0.5) is 13.6 Å². The van der Waals surface area contributed by atoms with Crippen LogP contribution in [-0.2, 0) is 17.8 Å². The standard InChI is InChI=1S/C18H18ClF2NO3/c19-10-17(23)16(8-13-6-14(20)9-15(21)7-13)22-18(24)25-11-12-4-2-1-3-5-12/h1-7,9,16-17,23H,8,10-11H2,(H,22,24)/t16-,17+/m0/s1. The molecule has 1 amide bonds. The molecule has 2 aromatic carbocycles. The fourth-order valence-corrected chi connectivity index (χ4v) is 2.50. The topological polar surface area (TPSA) is 58.6 Å². The Kier molecular flexibility index (Phi) is 7.16. The molecule has 0 saturated heterocycles. The van der Waals surface area contributed by atoms with Crippen molar-refractivity contribution in [3.8, 4) is 0 Å². The fourth-order valence-electron chi connectivity index (χ4n) is 2.29. The Balaban J connectivity index is 1.98. The molecule has 134 valence electrons. The van der Waals surface area contributed by atoms with Crippen molar-refractivity contribution in [2.24, 2.45) is 0 Å². The average molecular weight is 370 g/mol. The zero-order valence-corrected chi connectivity index (χ0v) is 14.0. The van der Waals surface area contributed by atoms with Crippen LogP contribution in [0.2, 0.25) is 0 Å². The second-order valence-electron chi connectivity index (χ2n) is 5.52. The van der Waals surface area contributed by atoms with Crippen LogP contribution < -0.4 is 5.32 Å². The third-order valence-electron chi connectivity index (χ3n) is 3.52. The molecule has 2 N–H and O–H groups in total. The van der Waals surface area contributed by atoms with Crippen molar-refractivity contribution in [2.75, 3.05) is 5.88 Å². The van der Waals surface area contributed by atoms with E-state index in [9.17, 15) is 18.7 Å². The van der Waals surface area contributed by atoms with Crippen LogP contribution in [0.25, 0.3) is 0 Å². The number of benzene rings is 2. The molecule has 0 saturated carbocycles. The number of aliphatic hydroxyl groups is 1. The number of carbonyl (C=O) groups excluding carboxylic acids is 1. The van der Waals surface area contributed by atoms with E-state index in [1.54, 1.807) is 12.1 Å². The Bertz CT molecular complexity index is 680. The Morgan fingerprint density at radius 3 is 2.36 bits per heavy atom. The van der Waals surface area contributed by atoms with E-state index in [0.29, 0.717) is 0 Å². The van der Waals surface area contributed by atoms with Gasteiger partial charge in [-0.3, -0.25) is 0 Å². The SMILES string of the molecule is O=C(N[C@@H](Cc1cc(F)cc(F)c1)[C@H](O)CCl)OCc1ccccc1. The van der Waals surface area contributed by atoms with Gasteiger partial charge >= 0.3 is 6.09 Å². The fraction of sp³-hybridized carbons (Fsp3) is 0.278. The zero-order valence-electron chi connectivity index (χ0n) is 13.3. The van der Waals surface area contributed by atoms with Gasteiger partial charge in [-0.25, -0.2) is 13.6 Å². The molecule has 0 heterocycles. The molecule has 0 aliphatic carbocycles. The Hall–Kier alpha value is -2.18. The first-order valence-electron chi connectivity index (χ1n) is 7.64. The lowest BCUT2D eigenvalue weighted by molar-refractivity contribution is 0.110. The van der Waals surface area contributed by atoms with Crippen molar-refractivity contribution >= 4 is 17.7 Å². The van der Waals surface area contributed by atoms with E-state index in [-0.39, 0.29) is 24.5 Å². The average Bonchev–Trinajstić information content (AvgIpc) is 2.58. The maximum absolute atomic E-state index is 13.3. The van der Waals surface area contributed by atoms with Crippen LogP contribution in [0.5, 0.6) is 0 Å². The number of alkyl carbamates (subject to hydrolysis) is 1. The number of aliphatic hydroxyl groups excluding tert-OH is 1. The van der Waals surface area contributed by atoms with Crippen LogP contribution in [0.3, 0.4) is 0 Å². The van der Waals surface area contributed by atoms with Gasteiger partial charge in [0.1, 0.15) is 18.2 Å². The highest BCUT2D eigenvalue weighted by Gasteiger charge is 2.22. The van der Waals surface area contributed by atoms with Crippen molar-refractivity contribution in [2.45, 2.75) is 25.2 Å². The molecule has 0 unspecified atom stereocenters. The van der Waals surface area contributed by atoms with Gasteiger partial charge in [0.25, 0.3) is 0 Å². The molecule has 0 aliphatic rings. The van der Waals surface area contributed by atoms with Crippen LogP contribution in [-0.4, -0.2) is 29.2 Å². The number of hydrogen-bond donors (Lipinski definition) is 2. The molecule has 2 atom stereocenters. The predicted molar refractivity (Wildman–Crippen MR) is 90.3 cm³/mol. The smallest absolute Gasteiger partial charge is 0.407 e. The number of halogens is 3. The quantitative estimate of drug-likeness (QED) is 0.735. The molecule has 0 bridgehead atoms. The minimum Gasteiger partial charge on any atom is -0.445 e. The van der Waals surface area contributed by atoms with E-state index in [2.05, 4.69) is 5.32 Å². The maximum Gasteiger partial charge on any atom is 0.407 e. The van der Waals surface area contributed by atoms with E-state index >= 15 is 0 Å². The summed E-state index contributed by atoms with van der Waals surface area (Å²) in [4.78, 5) is 11.9. The summed E-state index contributed by atoms with van der Waals surface area (Å²) in [5, 5.41) is 12.4. The maximum atomic E-state index is 13.3. The minimum absolute atomic E-state index is 0.00298. The highest BCUT2D eigenvalue weighted by molar-refractivity contribution is 6.18. The molecule has 4 nitrogen and oxygen atoms in total. The van der Waals surface area contributed by atoms with Crippen LogP contribution in [0.1, 0.15) is 11.1 Å². The number of hydrogen-bond acceptors (Lipinski definition) is 3. The van der Waals surface area contributed by atoms with E-state index < -0.39 is 29.9 Å². The molecule has 0 spiro atoms. The summed E-state index contributed by atoms with van der Waals surface area (Å²) in [5.74, 6) is -1.62. The number of ether oxygens (including phenoxy) is 1. The van der Waals surface area contributed by atoms with Gasteiger partial charge in [0.15, 0.2) is 0 Å². The van der Waals surface area contributed by atoms with Gasteiger partial charge in [-0.2, -0.15) is 0 Å². The van der Waals surface area contributed by atoms with Gasteiger partial charge in [-0.1, -0.05) is 30.3 Å². The number of rotatable bonds is 7. The number of alkyl halides is 1. The molecule has 2 aromatic rings. The molecular formula is C18H18ClF2NO3. The first-order valence-corrected chi connectivity index (χ1v) is 8.17. The van der Waals surface area contributed by atoms with E-state index in [0.717, 1.165) is 23.8 Å². The molecule has 2 rings (SSSR count). The van der Waals surface area contributed by atoms with Gasteiger partial charge in [0.05, 0.1) is 18.0 Å². The van der Waals surface area contributed by atoms with Crippen LogP contribution in [0, 0.1) is 11.6 Å². The summed E-state index contributed by atoms with van der Waals surface area (Å²) < 4.78 is 31.7. The van der Waals surface area contributed by atoms with E-state index in [1.165, 1.54) is 0 Å². The van der Waals surface area contributed by atoms with Gasteiger partial charge in [-0.05, 0) is 29.7 Å². The molecule has 0 aromatic heterocycles. The highest BCUT2D eigenvalue weighted by atomic mass is 35.5. The van der Waals surface area contributed by atoms with Crippen molar-refractivity contribution < 1.29 is 23.4 Å². The Morgan fingerprint density at radius 2 is 1.76 bits per heavy atom. The van der Waals surface area contributed by atoms with Gasteiger partial charge in [0.2, 0.25) is 0 Å². The second-order valence-corrected chi connectivity index (χ2v) is 5.82. The van der Waals surface area contributed by atoms with Gasteiger partial charge in [0, 0.05) is 6.07 Å². The third-order valence-corrected chi connectivity index (χ3v) is 3.83. The van der Waals surface area contributed by atoms with Gasteiger partial charge in [-0.15, -0.1) is 11.6 Å². The van der Waals surface area contributed by atoms with Crippen molar-refractivity contribution in [1.29, 1.82) is 0 Å². The molecular weight excluding hydrogens is 352 g/mol. The van der Waals surface area contributed by atoms with Crippen molar-refractivity contribution in [3.63, 3.8) is 0 Å². The molecule has 25 heavy (non-hydrogen) atoms. The normalized spacial score (nSPS) is 13.1. The second kappa shape index (κ2) is 9.34. The predicted octanol–water partition coefficient (Wildman–Crippen LogP) is 3.40. The molecule has 0 radical (unpaired) electrons. The van der Waals surface area contributed by atoms with Crippen molar-refractivity contribution in [1.82, 2.24) is 5.32 Å². The number of nitrogens with one attached hydrogen (secondary N) is 1. The molecule has 0 aliphatic heterocycles. The summed E-state index contributed by atoms with van der Waals surface area (Å²) in [6.45, 7) is 0.0605. The molecule has 7 heteroatoms. The molecule has 0 fully saturated rings. The number of amides is 1. The summed E-state index contributed by atoms with van der Waals surface area (Å²) in [7, 11) is 0. The zero-order chi connectivity index (χ0) is 18.2. The lowest BCUT2D eigenvalue weighted by atomic mass is 10.0. The van der Waals surface area contributed by atoms with Crippen molar-refractivity contribution in [3.05, 3.63) is 71.3 Å². The highest BCUT2D eigenvalue weighted by Crippen LogP contribution is 2.13. The van der Waals surface area contributed by atoms with E-state index in [4.69, 9.17) is 16.3 Å². The monoisotopic (exact) mass is 369 g/mol. The van der Waals surface area contributed by atoms with Gasteiger partial charge < -0.3 is 15.2 Å². The summed E-state index contributed by atoms with van der Waals surface area (Å²) in [6.07, 6.45) is -1.85. The summed E-state index contributed by atoms with van der Waals surface area (Å²) >= 11 is 5.64. The van der Waals surface area contributed by atoms with Crippen LogP contribution in [0.15, 0.2) is 48.5 Å². The van der Waals surface area contributed by atoms with Crippen LogP contribution >= 0.6 is 11.6 Å².